The van der Waals surface area contributed by atoms with E-state index >= 15 is 0 Å². The highest BCUT2D eigenvalue weighted by atomic mass is 32.2. The van der Waals surface area contributed by atoms with Gasteiger partial charge in [-0.3, -0.25) is 4.90 Å². The lowest BCUT2D eigenvalue weighted by Gasteiger charge is -2.44. The molecule has 0 spiro atoms. The Morgan fingerprint density at radius 1 is 1.13 bits per heavy atom. The molecule has 0 radical (unpaired) electrons. The number of anilines is 1. The summed E-state index contributed by atoms with van der Waals surface area (Å²) in [6, 6.07) is 5.47. The van der Waals surface area contributed by atoms with Crippen LogP contribution >= 0.6 is 12.2 Å². The molecular formula is C26H32F3N3O4S2. The standard InChI is InChI=1S/C26H32F3N3O4S2/c1-25(33,26(27,28)29)19-6-8-20(9-7-19)32-12-11-31(38(34,35)24-5-3-2-4-23(24)37)16-21(32)15-30-14-18-10-13-36-22(18)17-30/h2-3,5-9,18,21-22,33H,4,10-17H2,1H3/t18-,21+,22+,25?/m1/s1. The van der Waals surface area contributed by atoms with Crippen LogP contribution in [0.4, 0.5) is 18.9 Å². The number of hydrogen-bond acceptors (Lipinski definition) is 7. The average Bonchev–Trinajstić information content (AvgIpc) is 3.45. The highest BCUT2D eigenvalue weighted by Gasteiger charge is 2.51. The first kappa shape index (κ1) is 27.7. The van der Waals surface area contributed by atoms with Crippen molar-refractivity contribution in [2.75, 3.05) is 50.8 Å². The number of fused-ring (bicyclic) bond motifs is 1. The third-order valence-electron chi connectivity index (χ3n) is 8.08. The number of allylic oxidation sites excluding steroid dienone is 4. The Kier molecular flexibility index (Phi) is 7.51. The lowest BCUT2D eigenvalue weighted by atomic mass is 9.95. The van der Waals surface area contributed by atoms with Gasteiger partial charge in [0.2, 0.25) is 10.0 Å². The predicted octanol–water partition coefficient (Wildman–Crippen LogP) is 3.21. The first-order valence-electron chi connectivity index (χ1n) is 12.8. The molecule has 3 saturated heterocycles. The quantitative estimate of drug-likeness (QED) is 0.526. The van der Waals surface area contributed by atoms with Crippen LogP contribution in [0, 0.1) is 5.92 Å². The fourth-order valence-electron chi connectivity index (χ4n) is 5.79. The van der Waals surface area contributed by atoms with Crippen LogP contribution in [0.25, 0.3) is 0 Å². The Bertz CT molecular complexity index is 1220. The molecule has 1 aliphatic carbocycles. The van der Waals surface area contributed by atoms with Crippen molar-refractivity contribution in [3.05, 3.63) is 53.0 Å². The Hall–Kier alpha value is -1.83. The average molecular weight is 572 g/mol. The Balaban J connectivity index is 1.39. The van der Waals surface area contributed by atoms with Crippen LogP contribution < -0.4 is 4.90 Å². The zero-order valence-corrected chi connectivity index (χ0v) is 22.7. The van der Waals surface area contributed by atoms with Crippen LogP contribution in [0.2, 0.25) is 0 Å². The van der Waals surface area contributed by atoms with Gasteiger partial charge in [0.05, 0.1) is 17.1 Å². The van der Waals surface area contributed by atoms with Gasteiger partial charge in [-0.05, 0) is 37.1 Å². The Labute approximate surface area is 226 Å². The zero-order valence-electron chi connectivity index (χ0n) is 21.1. The molecule has 0 bridgehead atoms. The molecule has 1 unspecified atom stereocenters. The molecular weight excluding hydrogens is 539 g/mol. The molecule has 7 nitrogen and oxygen atoms in total. The molecule has 1 aromatic rings. The van der Waals surface area contributed by atoms with Crippen LogP contribution in [0.3, 0.4) is 0 Å². The molecule has 4 aliphatic rings. The summed E-state index contributed by atoms with van der Waals surface area (Å²) in [6.07, 6.45) is 1.88. The minimum atomic E-state index is -4.81. The number of ether oxygens (including phenoxy) is 1. The van der Waals surface area contributed by atoms with Crippen molar-refractivity contribution in [3.8, 4) is 0 Å². The summed E-state index contributed by atoms with van der Waals surface area (Å²) in [5, 5.41) is 10.1. The van der Waals surface area contributed by atoms with Gasteiger partial charge in [-0.15, -0.1) is 0 Å². The van der Waals surface area contributed by atoms with Gasteiger partial charge in [0, 0.05) is 68.8 Å². The summed E-state index contributed by atoms with van der Waals surface area (Å²) < 4.78 is 74.4. The zero-order chi connectivity index (χ0) is 27.3. The number of aliphatic hydroxyl groups is 1. The van der Waals surface area contributed by atoms with E-state index in [1.165, 1.54) is 16.4 Å². The summed E-state index contributed by atoms with van der Waals surface area (Å²) in [5.74, 6) is 0.465. The number of rotatable bonds is 6. The Morgan fingerprint density at radius 3 is 2.53 bits per heavy atom. The van der Waals surface area contributed by atoms with Gasteiger partial charge in [0.15, 0.2) is 5.60 Å². The van der Waals surface area contributed by atoms with Gasteiger partial charge in [0.25, 0.3) is 0 Å². The minimum absolute atomic E-state index is 0.157. The van der Waals surface area contributed by atoms with Crippen molar-refractivity contribution in [2.24, 2.45) is 5.92 Å². The molecule has 4 atom stereocenters. The number of nitrogens with zero attached hydrogens (tertiary/aromatic N) is 3. The minimum Gasteiger partial charge on any atom is -0.377 e. The molecule has 12 heteroatoms. The van der Waals surface area contributed by atoms with Crippen LogP contribution in [0.5, 0.6) is 0 Å². The van der Waals surface area contributed by atoms with Crippen LogP contribution in [-0.2, 0) is 20.4 Å². The summed E-state index contributed by atoms with van der Waals surface area (Å²) >= 11 is 5.35. The molecule has 5 rings (SSSR count). The van der Waals surface area contributed by atoms with E-state index in [0.717, 1.165) is 33.0 Å². The van der Waals surface area contributed by atoms with Crippen molar-refractivity contribution in [3.63, 3.8) is 0 Å². The predicted molar refractivity (Wildman–Crippen MR) is 142 cm³/mol. The van der Waals surface area contributed by atoms with Gasteiger partial charge >= 0.3 is 6.18 Å². The second-order valence-electron chi connectivity index (χ2n) is 10.6. The molecule has 1 aromatic carbocycles. The lowest BCUT2D eigenvalue weighted by molar-refractivity contribution is -0.258. The van der Waals surface area contributed by atoms with E-state index in [2.05, 4.69) is 9.80 Å². The highest BCUT2D eigenvalue weighted by molar-refractivity contribution is 7.96. The maximum absolute atomic E-state index is 13.5. The fraction of sp³-hybridized carbons (Fsp3) is 0.577. The SMILES string of the molecule is CC(O)(c1ccc(N2CCN(S(=O)(=O)C3=CC=CCC3=S)C[C@@H]2CN2C[C@H]3CCO[C@H]3C2)cc1)C(F)(F)F. The van der Waals surface area contributed by atoms with Gasteiger partial charge in [0.1, 0.15) is 0 Å². The summed E-state index contributed by atoms with van der Waals surface area (Å²) in [5.41, 5.74) is -2.53. The van der Waals surface area contributed by atoms with Gasteiger partial charge in [-0.25, -0.2) is 8.42 Å². The van der Waals surface area contributed by atoms with Gasteiger partial charge < -0.3 is 14.7 Å². The monoisotopic (exact) mass is 571 g/mol. The molecule has 0 aromatic heterocycles. The van der Waals surface area contributed by atoms with Crippen LogP contribution in [0.1, 0.15) is 25.3 Å². The molecule has 0 saturated carbocycles. The van der Waals surface area contributed by atoms with E-state index in [0.29, 0.717) is 36.0 Å². The largest absolute Gasteiger partial charge is 0.421 e. The van der Waals surface area contributed by atoms with Crippen LogP contribution in [-0.4, -0.2) is 91.8 Å². The lowest BCUT2D eigenvalue weighted by Crippen LogP contribution is -2.58. The molecule has 3 heterocycles. The summed E-state index contributed by atoms with van der Waals surface area (Å²) in [7, 11) is -3.79. The van der Waals surface area contributed by atoms with E-state index in [1.54, 1.807) is 24.3 Å². The number of hydrogen-bond donors (Lipinski definition) is 1. The first-order valence-corrected chi connectivity index (χ1v) is 14.6. The van der Waals surface area contributed by atoms with Crippen molar-refractivity contribution >= 4 is 32.8 Å². The summed E-state index contributed by atoms with van der Waals surface area (Å²) in [4.78, 5) is 4.90. The topological polar surface area (TPSA) is 73.3 Å². The molecule has 38 heavy (non-hydrogen) atoms. The van der Waals surface area contributed by atoms with Crippen molar-refractivity contribution in [1.82, 2.24) is 9.21 Å². The number of likely N-dealkylation sites (tertiary alicyclic amines) is 1. The van der Waals surface area contributed by atoms with Crippen LogP contribution in [0.15, 0.2) is 47.4 Å². The number of benzene rings is 1. The van der Waals surface area contributed by atoms with E-state index in [1.807, 2.05) is 6.08 Å². The molecule has 0 amide bonds. The Morgan fingerprint density at radius 2 is 1.87 bits per heavy atom. The third-order valence-corrected chi connectivity index (χ3v) is 10.5. The van der Waals surface area contributed by atoms with E-state index in [9.17, 15) is 26.7 Å². The van der Waals surface area contributed by atoms with Gasteiger partial charge in [-0.2, -0.15) is 17.5 Å². The maximum Gasteiger partial charge on any atom is 0.421 e. The number of sulfonamides is 1. The van der Waals surface area contributed by atoms with E-state index < -0.39 is 21.8 Å². The van der Waals surface area contributed by atoms with E-state index in [4.69, 9.17) is 17.0 Å². The van der Waals surface area contributed by atoms with Crippen molar-refractivity contribution < 1.29 is 31.4 Å². The second-order valence-corrected chi connectivity index (χ2v) is 13.0. The molecule has 208 valence electrons. The number of halogens is 3. The van der Waals surface area contributed by atoms with Gasteiger partial charge in [-0.1, -0.05) is 36.5 Å². The molecule has 1 N–H and O–H groups in total. The highest BCUT2D eigenvalue weighted by Crippen LogP contribution is 2.39. The number of piperazine rings is 1. The number of alkyl halides is 3. The van der Waals surface area contributed by atoms with Crippen molar-refractivity contribution in [1.29, 1.82) is 0 Å². The van der Waals surface area contributed by atoms with E-state index in [-0.39, 0.29) is 35.7 Å². The molecule has 3 aliphatic heterocycles. The maximum atomic E-state index is 13.5. The summed E-state index contributed by atoms with van der Waals surface area (Å²) in [6.45, 7) is 4.55. The fourth-order valence-corrected chi connectivity index (χ4v) is 7.86. The third kappa shape index (κ3) is 5.18. The smallest absolute Gasteiger partial charge is 0.377 e. The normalized spacial score (nSPS) is 28.9. The molecule has 3 fully saturated rings. The van der Waals surface area contributed by atoms with Crippen molar-refractivity contribution in [2.45, 2.75) is 43.7 Å². The first-order chi connectivity index (χ1) is 17.9. The number of thiocarbonyl (C=S) groups is 1. The second kappa shape index (κ2) is 10.3.